The van der Waals surface area contributed by atoms with E-state index in [2.05, 4.69) is 15.8 Å². The number of amides is 1. The van der Waals surface area contributed by atoms with Crippen LogP contribution in [0.1, 0.15) is 45.7 Å². The minimum Gasteiger partial charge on any atom is -0.444 e. The Morgan fingerprint density at radius 3 is 2.95 bits per heavy atom. The van der Waals surface area contributed by atoms with E-state index < -0.39 is 5.60 Å². The Bertz CT molecular complexity index is 440. The molecule has 2 atom stereocenters. The number of carbonyl (C=O) groups excluding carboxylic acids is 1. The van der Waals surface area contributed by atoms with Crippen molar-refractivity contribution < 1.29 is 14.1 Å². The van der Waals surface area contributed by atoms with Crippen LogP contribution < -0.4 is 10.6 Å². The van der Waals surface area contributed by atoms with Crippen LogP contribution >= 0.6 is 0 Å². The van der Waals surface area contributed by atoms with Crippen LogP contribution in [0, 0.1) is 5.92 Å². The van der Waals surface area contributed by atoms with Gasteiger partial charge in [0.15, 0.2) is 0 Å². The van der Waals surface area contributed by atoms with E-state index in [1.807, 2.05) is 26.8 Å². The Morgan fingerprint density at radius 2 is 2.29 bits per heavy atom. The van der Waals surface area contributed by atoms with Gasteiger partial charge in [-0.3, -0.25) is 0 Å². The van der Waals surface area contributed by atoms with Gasteiger partial charge in [-0.25, -0.2) is 4.79 Å². The minimum absolute atomic E-state index is 0.343. The molecular formula is C15H25N3O3. The molecule has 118 valence electrons. The second-order valence-electron chi connectivity index (χ2n) is 6.55. The molecule has 1 aromatic heterocycles. The fourth-order valence-corrected chi connectivity index (χ4v) is 2.64. The standard InChI is InChI=1S/C15H25N3O3/c1-15(2,3)21-14(19)17-9-11-5-4-6-13(11)16-10-12-7-8-20-18-12/h7-8,11,13,16H,4-6,9-10H2,1-3H3,(H,17,19). The maximum atomic E-state index is 11.7. The Kier molecular flexibility index (Phi) is 5.22. The molecule has 0 aliphatic heterocycles. The smallest absolute Gasteiger partial charge is 0.407 e. The second kappa shape index (κ2) is 6.93. The molecule has 0 saturated heterocycles. The predicted octanol–water partition coefficient (Wildman–Crippen LogP) is 2.46. The molecule has 2 N–H and O–H groups in total. The van der Waals surface area contributed by atoms with Gasteiger partial charge in [0.2, 0.25) is 0 Å². The van der Waals surface area contributed by atoms with Crippen LogP contribution in [-0.2, 0) is 11.3 Å². The highest BCUT2D eigenvalue weighted by atomic mass is 16.6. The summed E-state index contributed by atoms with van der Waals surface area (Å²) in [5.41, 5.74) is 0.449. The van der Waals surface area contributed by atoms with Gasteiger partial charge in [0.1, 0.15) is 11.9 Å². The largest absolute Gasteiger partial charge is 0.444 e. The summed E-state index contributed by atoms with van der Waals surface area (Å²) in [6.07, 6.45) is 4.65. The number of nitrogens with zero attached hydrogens (tertiary/aromatic N) is 1. The van der Waals surface area contributed by atoms with Gasteiger partial charge in [0.05, 0.1) is 5.69 Å². The third-order valence-corrected chi connectivity index (χ3v) is 3.60. The first-order chi connectivity index (χ1) is 9.94. The van der Waals surface area contributed by atoms with Crippen LogP contribution in [0.15, 0.2) is 16.9 Å². The Balaban J connectivity index is 1.73. The number of nitrogens with one attached hydrogen (secondary N) is 2. The molecule has 0 radical (unpaired) electrons. The van der Waals surface area contributed by atoms with Crippen molar-refractivity contribution in [1.29, 1.82) is 0 Å². The summed E-state index contributed by atoms with van der Waals surface area (Å²) in [7, 11) is 0. The van der Waals surface area contributed by atoms with Crippen LogP contribution in [0.2, 0.25) is 0 Å². The van der Waals surface area contributed by atoms with Gasteiger partial charge in [-0.2, -0.15) is 0 Å². The maximum absolute atomic E-state index is 11.7. The number of carbonyl (C=O) groups is 1. The molecule has 0 spiro atoms. The lowest BCUT2D eigenvalue weighted by Gasteiger charge is -2.23. The summed E-state index contributed by atoms with van der Waals surface area (Å²) in [6, 6.07) is 2.26. The first-order valence-corrected chi connectivity index (χ1v) is 7.53. The van der Waals surface area contributed by atoms with Crippen LogP contribution in [0.4, 0.5) is 4.79 Å². The van der Waals surface area contributed by atoms with Crippen molar-refractivity contribution in [2.75, 3.05) is 6.54 Å². The molecule has 1 fully saturated rings. The summed E-state index contributed by atoms with van der Waals surface area (Å²) < 4.78 is 10.1. The van der Waals surface area contributed by atoms with Crippen molar-refractivity contribution in [3.63, 3.8) is 0 Å². The van der Waals surface area contributed by atoms with Crippen molar-refractivity contribution in [2.45, 2.75) is 58.2 Å². The van der Waals surface area contributed by atoms with E-state index in [-0.39, 0.29) is 6.09 Å². The van der Waals surface area contributed by atoms with Gasteiger partial charge in [0, 0.05) is 25.2 Å². The lowest BCUT2D eigenvalue weighted by molar-refractivity contribution is 0.0517. The topological polar surface area (TPSA) is 76.4 Å². The lowest BCUT2D eigenvalue weighted by Crippen LogP contribution is -2.40. The van der Waals surface area contributed by atoms with Gasteiger partial charge in [-0.05, 0) is 39.5 Å². The van der Waals surface area contributed by atoms with Gasteiger partial charge in [-0.1, -0.05) is 11.6 Å². The number of rotatable bonds is 5. The molecule has 6 heteroatoms. The monoisotopic (exact) mass is 295 g/mol. The average molecular weight is 295 g/mol. The molecule has 1 aromatic rings. The van der Waals surface area contributed by atoms with E-state index in [9.17, 15) is 4.79 Å². The van der Waals surface area contributed by atoms with Crippen molar-refractivity contribution in [2.24, 2.45) is 5.92 Å². The summed E-state index contributed by atoms with van der Waals surface area (Å²) in [6.45, 7) is 6.94. The molecule has 1 aliphatic carbocycles. The molecule has 2 rings (SSSR count). The Morgan fingerprint density at radius 1 is 1.48 bits per heavy atom. The lowest BCUT2D eigenvalue weighted by atomic mass is 10.0. The van der Waals surface area contributed by atoms with Crippen LogP contribution in [0.5, 0.6) is 0 Å². The molecule has 21 heavy (non-hydrogen) atoms. The zero-order valence-electron chi connectivity index (χ0n) is 13.0. The Hall–Kier alpha value is -1.56. The van der Waals surface area contributed by atoms with Crippen molar-refractivity contribution >= 4 is 6.09 Å². The highest BCUT2D eigenvalue weighted by Gasteiger charge is 2.28. The van der Waals surface area contributed by atoms with E-state index in [1.54, 1.807) is 6.26 Å². The second-order valence-corrected chi connectivity index (χ2v) is 6.55. The fraction of sp³-hybridized carbons (Fsp3) is 0.733. The first kappa shape index (κ1) is 15.8. The van der Waals surface area contributed by atoms with Crippen molar-refractivity contribution in [3.8, 4) is 0 Å². The van der Waals surface area contributed by atoms with E-state index in [0.717, 1.165) is 18.5 Å². The van der Waals surface area contributed by atoms with Gasteiger partial charge in [-0.15, -0.1) is 0 Å². The quantitative estimate of drug-likeness (QED) is 0.872. The first-order valence-electron chi connectivity index (χ1n) is 7.53. The number of hydrogen-bond donors (Lipinski definition) is 2. The van der Waals surface area contributed by atoms with Crippen molar-refractivity contribution in [3.05, 3.63) is 18.0 Å². The molecule has 1 heterocycles. The van der Waals surface area contributed by atoms with Gasteiger partial charge in [0.25, 0.3) is 0 Å². The Labute approximate surface area is 125 Å². The van der Waals surface area contributed by atoms with E-state index in [4.69, 9.17) is 9.26 Å². The molecule has 2 unspecified atom stereocenters. The third-order valence-electron chi connectivity index (χ3n) is 3.60. The third kappa shape index (κ3) is 5.38. The minimum atomic E-state index is -0.454. The van der Waals surface area contributed by atoms with Crippen LogP contribution in [0.3, 0.4) is 0 Å². The van der Waals surface area contributed by atoms with Gasteiger partial charge >= 0.3 is 6.09 Å². The van der Waals surface area contributed by atoms with Gasteiger partial charge < -0.3 is 19.9 Å². The van der Waals surface area contributed by atoms with Crippen LogP contribution in [-0.4, -0.2) is 29.4 Å². The molecule has 0 aromatic carbocycles. The van der Waals surface area contributed by atoms with Crippen LogP contribution in [0.25, 0.3) is 0 Å². The number of ether oxygens (including phenoxy) is 1. The molecule has 0 bridgehead atoms. The van der Waals surface area contributed by atoms with E-state index in [1.165, 1.54) is 6.42 Å². The molecule has 6 nitrogen and oxygen atoms in total. The summed E-state index contributed by atoms with van der Waals surface area (Å²) in [4.78, 5) is 11.7. The molecule has 1 aliphatic rings. The highest BCUT2D eigenvalue weighted by Crippen LogP contribution is 2.25. The highest BCUT2D eigenvalue weighted by molar-refractivity contribution is 5.67. The summed E-state index contributed by atoms with van der Waals surface area (Å²) in [5.74, 6) is 0.435. The molecule has 1 saturated carbocycles. The predicted molar refractivity (Wildman–Crippen MR) is 78.7 cm³/mol. The zero-order valence-corrected chi connectivity index (χ0v) is 13.0. The van der Waals surface area contributed by atoms with E-state index in [0.29, 0.717) is 25.0 Å². The van der Waals surface area contributed by atoms with Crippen molar-refractivity contribution in [1.82, 2.24) is 15.8 Å². The molecular weight excluding hydrogens is 270 g/mol. The zero-order chi connectivity index (χ0) is 15.3. The van der Waals surface area contributed by atoms with E-state index >= 15 is 0 Å². The normalized spacial score (nSPS) is 22.2. The SMILES string of the molecule is CC(C)(C)OC(=O)NCC1CCCC1NCc1ccon1. The number of alkyl carbamates (subject to hydrolysis) is 1. The summed E-state index contributed by atoms with van der Waals surface area (Å²) >= 11 is 0. The maximum Gasteiger partial charge on any atom is 0.407 e. The molecule has 1 amide bonds. The summed E-state index contributed by atoms with van der Waals surface area (Å²) in [5, 5.41) is 10.2. The average Bonchev–Trinajstić information content (AvgIpc) is 3.03. The number of aromatic nitrogens is 1. The number of hydrogen-bond acceptors (Lipinski definition) is 5. The fourth-order valence-electron chi connectivity index (χ4n) is 2.64.